The molecule has 1 aliphatic rings. The van der Waals surface area contributed by atoms with Crippen LogP contribution in [0.15, 0.2) is 0 Å². The first-order chi connectivity index (χ1) is 8.61. The van der Waals surface area contributed by atoms with E-state index in [1.807, 2.05) is 0 Å². The molecule has 0 aliphatic carbocycles. The van der Waals surface area contributed by atoms with Crippen LogP contribution in [-0.4, -0.2) is 14.2 Å². The molecule has 0 bridgehead atoms. The summed E-state index contributed by atoms with van der Waals surface area (Å²) in [5.41, 5.74) is 0. The Morgan fingerprint density at radius 2 is 1.72 bits per heavy atom. The molecule has 1 N–H and O–H groups in total. The normalized spacial score (nSPS) is 25.8. The van der Waals surface area contributed by atoms with Crippen LogP contribution in [0.4, 0.5) is 0 Å². The molecular weight excluding hydrogens is 238 g/mol. The number of isocyanates is 1. The van der Waals surface area contributed by atoms with E-state index >= 15 is 0 Å². The van der Waals surface area contributed by atoms with Gasteiger partial charge in [0.05, 0.1) is 8.07 Å². The lowest BCUT2D eigenvalue weighted by Gasteiger charge is -2.52. The summed E-state index contributed by atoms with van der Waals surface area (Å²) in [5, 5.41) is 6.23. The molecule has 1 rings (SSSR count). The summed E-state index contributed by atoms with van der Waals surface area (Å²) < 4.78 is 0. The smallest absolute Gasteiger partial charge is 0.222 e. The van der Waals surface area contributed by atoms with Crippen LogP contribution in [0, 0.1) is 5.41 Å². The van der Waals surface area contributed by atoms with E-state index in [1.54, 1.807) is 18.9 Å². The van der Waals surface area contributed by atoms with Gasteiger partial charge in [-0.2, -0.15) is 0 Å². The third-order valence-corrected chi connectivity index (χ3v) is 12.6. The first-order valence-electron chi connectivity index (χ1n) is 7.65. The van der Waals surface area contributed by atoms with Crippen molar-refractivity contribution in [1.82, 2.24) is 0 Å². The average Bonchev–Trinajstić information content (AvgIpc) is 2.40. The second-order valence-corrected chi connectivity index (χ2v) is 11.2. The lowest BCUT2D eigenvalue weighted by molar-refractivity contribution is 0.391. The molecule has 1 fully saturated rings. The fourth-order valence-corrected chi connectivity index (χ4v) is 10.8. The molecule has 18 heavy (non-hydrogen) atoms. The molecule has 1 saturated heterocycles. The van der Waals surface area contributed by atoms with Crippen molar-refractivity contribution in [2.24, 2.45) is 0 Å². The van der Waals surface area contributed by atoms with E-state index in [2.05, 4.69) is 27.7 Å². The molecule has 0 aromatic heterocycles. The minimum atomic E-state index is -0.931. The maximum Gasteiger partial charge on any atom is 0.231 e. The summed E-state index contributed by atoms with van der Waals surface area (Å²) in [6.07, 6.45) is 9.77. The van der Waals surface area contributed by atoms with Crippen molar-refractivity contribution in [3.63, 3.8) is 0 Å². The minimum Gasteiger partial charge on any atom is -0.222 e. The molecular formula is C15H31NOSi. The molecule has 0 aromatic carbocycles. The summed E-state index contributed by atoms with van der Waals surface area (Å²) in [6.45, 7) is 9.83. The van der Waals surface area contributed by atoms with E-state index in [-0.39, 0.29) is 0 Å². The summed E-state index contributed by atoms with van der Waals surface area (Å²) in [6, 6.07) is 4.71. The highest BCUT2D eigenvalue weighted by atomic mass is 28.3. The van der Waals surface area contributed by atoms with E-state index in [0.29, 0.717) is 0 Å². The van der Waals surface area contributed by atoms with Crippen LogP contribution in [0.5, 0.6) is 0 Å². The van der Waals surface area contributed by atoms with Gasteiger partial charge >= 0.3 is 0 Å². The van der Waals surface area contributed by atoms with E-state index < -0.39 is 8.07 Å². The zero-order valence-electron chi connectivity index (χ0n) is 12.8. The van der Waals surface area contributed by atoms with Gasteiger partial charge in [-0.25, -0.2) is 10.2 Å². The lowest BCUT2D eigenvalue weighted by Crippen LogP contribution is -2.49. The molecule has 0 aromatic rings. The third-order valence-electron chi connectivity index (χ3n) is 5.44. The Hall–Kier alpha value is -0.403. The molecule has 0 saturated carbocycles. The first-order valence-corrected chi connectivity index (χ1v) is 10.3. The van der Waals surface area contributed by atoms with Crippen LogP contribution in [0.1, 0.15) is 66.2 Å². The molecule has 106 valence electrons. The number of hydrogen-bond donors (Lipinski definition) is 1. The Morgan fingerprint density at radius 1 is 1.17 bits per heavy atom. The van der Waals surface area contributed by atoms with Crippen LogP contribution in [0.25, 0.3) is 0 Å². The standard InChI is InChI=1S/C14H30Si.CHNO/c1-5-11-14(6-2)12-9-10-13-15(14,7-3)8-4;2-1-3/h5-13H2,1-4H3;2H. The van der Waals surface area contributed by atoms with Gasteiger partial charge in [-0.15, -0.1) is 0 Å². The average molecular weight is 270 g/mol. The summed E-state index contributed by atoms with van der Waals surface area (Å²) >= 11 is 0. The molecule has 0 amide bonds. The van der Waals surface area contributed by atoms with Crippen molar-refractivity contribution < 1.29 is 4.79 Å². The van der Waals surface area contributed by atoms with Crippen molar-refractivity contribution in [2.45, 2.75) is 89.4 Å². The third kappa shape index (κ3) is 3.55. The maximum absolute atomic E-state index is 8.35. The topological polar surface area (TPSA) is 40.9 Å². The Morgan fingerprint density at radius 3 is 2.11 bits per heavy atom. The van der Waals surface area contributed by atoms with Crippen LogP contribution in [0.3, 0.4) is 0 Å². The van der Waals surface area contributed by atoms with Gasteiger partial charge in [0.15, 0.2) is 0 Å². The molecule has 0 spiro atoms. The highest BCUT2D eigenvalue weighted by molar-refractivity contribution is 6.82. The van der Waals surface area contributed by atoms with Gasteiger partial charge in [-0.3, -0.25) is 0 Å². The van der Waals surface area contributed by atoms with E-state index in [0.717, 1.165) is 11.1 Å². The van der Waals surface area contributed by atoms with Gasteiger partial charge in [0, 0.05) is 0 Å². The Bertz CT molecular complexity index is 253. The second-order valence-electron chi connectivity index (χ2n) is 5.68. The summed E-state index contributed by atoms with van der Waals surface area (Å²) in [5.74, 6) is 0. The number of nitrogens with one attached hydrogen (secondary N) is 1. The predicted molar refractivity (Wildman–Crippen MR) is 81.7 cm³/mol. The molecule has 1 atom stereocenters. The van der Waals surface area contributed by atoms with Crippen molar-refractivity contribution >= 4 is 14.2 Å². The summed E-state index contributed by atoms with van der Waals surface area (Å²) in [7, 11) is -0.931. The van der Waals surface area contributed by atoms with E-state index in [1.165, 1.54) is 37.8 Å². The number of rotatable bonds is 5. The fraction of sp³-hybridized carbons (Fsp3) is 0.933. The minimum absolute atomic E-state index is 0.750. The van der Waals surface area contributed by atoms with Gasteiger partial charge in [0.25, 0.3) is 0 Å². The van der Waals surface area contributed by atoms with Crippen LogP contribution >= 0.6 is 0 Å². The molecule has 0 radical (unpaired) electrons. The van der Waals surface area contributed by atoms with Crippen LogP contribution in [0.2, 0.25) is 23.2 Å². The summed E-state index contributed by atoms with van der Waals surface area (Å²) in [4.78, 5) is 8.35. The van der Waals surface area contributed by atoms with Gasteiger partial charge < -0.3 is 0 Å². The zero-order valence-corrected chi connectivity index (χ0v) is 13.8. The Labute approximate surface area is 114 Å². The van der Waals surface area contributed by atoms with E-state index in [4.69, 9.17) is 10.2 Å². The second kappa shape index (κ2) is 8.66. The van der Waals surface area contributed by atoms with Gasteiger partial charge in [-0.1, -0.05) is 77.9 Å². The van der Waals surface area contributed by atoms with Crippen molar-refractivity contribution in [3.8, 4) is 0 Å². The van der Waals surface area contributed by atoms with Crippen molar-refractivity contribution in [3.05, 3.63) is 0 Å². The highest BCUT2D eigenvalue weighted by Crippen LogP contribution is 2.58. The van der Waals surface area contributed by atoms with Crippen LogP contribution < -0.4 is 0 Å². The SMILES string of the molecule is CCCC1(CC)CCCC[Si]1(CC)CC.N=C=O. The molecule has 1 unspecified atom stereocenters. The van der Waals surface area contributed by atoms with Crippen molar-refractivity contribution in [1.29, 1.82) is 5.41 Å². The molecule has 1 aliphatic heterocycles. The van der Waals surface area contributed by atoms with Gasteiger partial charge in [0.2, 0.25) is 6.08 Å². The van der Waals surface area contributed by atoms with Crippen LogP contribution in [-0.2, 0) is 4.79 Å². The largest absolute Gasteiger partial charge is 0.231 e. The molecule has 3 heteroatoms. The molecule has 2 nitrogen and oxygen atoms in total. The predicted octanol–water partition coefficient (Wildman–Crippen LogP) is 5.51. The highest BCUT2D eigenvalue weighted by Gasteiger charge is 2.49. The number of hydrogen-bond acceptors (Lipinski definition) is 2. The van der Waals surface area contributed by atoms with Gasteiger partial charge in [-0.05, 0) is 11.5 Å². The number of carbonyl (C=O) groups excluding carboxylic acids is 1. The lowest BCUT2D eigenvalue weighted by atomic mass is 9.92. The fourth-order valence-electron chi connectivity index (χ4n) is 4.41. The quantitative estimate of drug-likeness (QED) is 0.399. The van der Waals surface area contributed by atoms with E-state index in [9.17, 15) is 0 Å². The monoisotopic (exact) mass is 269 g/mol. The van der Waals surface area contributed by atoms with Gasteiger partial charge in [0.1, 0.15) is 0 Å². The maximum atomic E-state index is 8.35. The molecule has 1 heterocycles. The van der Waals surface area contributed by atoms with Crippen molar-refractivity contribution in [2.75, 3.05) is 0 Å². The first kappa shape index (κ1) is 17.6. The zero-order chi connectivity index (χ0) is 14.1. The Kier molecular flexibility index (Phi) is 8.46. The Balaban J connectivity index is 0.000000873.